The van der Waals surface area contributed by atoms with Crippen LogP contribution in [0.5, 0.6) is 0 Å². The maximum Gasteiger partial charge on any atom is 0.144 e. The predicted octanol–water partition coefficient (Wildman–Crippen LogP) is 2.16. The number of anilines is 1. The van der Waals surface area contributed by atoms with Crippen LogP contribution >= 0.6 is 0 Å². The summed E-state index contributed by atoms with van der Waals surface area (Å²) in [7, 11) is 0. The van der Waals surface area contributed by atoms with Gasteiger partial charge >= 0.3 is 0 Å². The SMILES string of the molecule is CCN1CCCC1CNc1nccc(C)c1C#N. The van der Waals surface area contributed by atoms with Crippen LogP contribution in [0.3, 0.4) is 0 Å². The summed E-state index contributed by atoms with van der Waals surface area (Å²) in [6, 6.07) is 4.67. The van der Waals surface area contributed by atoms with Crippen LogP contribution in [0.15, 0.2) is 12.3 Å². The van der Waals surface area contributed by atoms with Crippen molar-refractivity contribution in [1.82, 2.24) is 9.88 Å². The number of likely N-dealkylation sites (N-methyl/N-ethyl adjacent to an activating group) is 1. The van der Waals surface area contributed by atoms with E-state index in [-0.39, 0.29) is 0 Å². The Morgan fingerprint density at radius 2 is 2.44 bits per heavy atom. The molecular formula is C14H20N4. The molecule has 1 unspecified atom stereocenters. The van der Waals surface area contributed by atoms with E-state index in [1.807, 2.05) is 13.0 Å². The van der Waals surface area contributed by atoms with Crippen LogP contribution in [0, 0.1) is 18.3 Å². The van der Waals surface area contributed by atoms with Gasteiger partial charge in [-0.3, -0.25) is 4.90 Å². The Bertz CT molecular complexity index is 450. The molecular weight excluding hydrogens is 224 g/mol. The molecule has 1 saturated heterocycles. The van der Waals surface area contributed by atoms with Crippen molar-refractivity contribution in [3.63, 3.8) is 0 Å². The standard InChI is InChI=1S/C14H20N4/c1-3-18-8-4-5-12(18)10-17-14-13(9-15)11(2)6-7-16-14/h6-7,12H,3-5,8,10H2,1-2H3,(H,16,17). The molecule has 1 aromatic heterocycles. The summed E-state index contributed by atoms with van der Waals surface area (Å²) in [6.45, 7) is 7.30. The van der Waals surface area contributed by atoms with E-state index < -0.39 is 0 Å². The van der Waals surface area contributed by atoms with E-state index >= 15 is 0 Å². The van der Waals surface area contributed by atoms with Crippen LogP contribution < -0.4 is 5.32 Å². The third-order valence-electron chi connectivity index (χ3n) is 3.68. The van der Waals surface area contributed by atoms with Crippen molar-refractivity contribution >= 4 is 5.82 Å². The van der Waals surface area contributed by atoms with Gasteiger partial charge < -0.3 is 5.32 Å². The number of nitrogens with zero attached hydrogens (tertiary/aromatic N) is 3. The zero-order chi connectivity index (χ0) is 13.0. The highest BCUT2D eigenvalue weighted by Crippen LogP contribution is 2.19. The summed E-state index contributed by atoms with van der Waals surface area (Å²) in [4.78, 5) is 6.75. The van der Waals surface area contributed by atoms with Crippen LogP contribution in [0.25, 0.3) is 0 Å². The molecule has 0 spiro atoms. The number of aryl methyl sites for hydroxylation is 1. The quantitative estimate of drug-likeness (QED) is 0.881. The number of aromatic nitrogens is 1. The van der Waals surface area contributed by atoms with Crippen molar-refractivity contribution in [3.05, 3.63) is 23.4 Å². The van der Waals surface area contributed by atoms with Gasteiger partial charge in [0.15, 0.2) is 0 Å². The predicted molar refractivity (Wildman–Crippen MR) is 72.4 cm³/mol. The molecule has 1 fully saturated rings. The van der Waals surface area contributed by atoms with Gasteiger partial charge in [-0.05, 0) is 44.5 Å². The summed E-state index contributed by atoms with van der Waals surface area (Å²) in [5.74, 6) is 0.723. The number of nitrogens with one attached hydrogen (secondary N) is 1. The van der Waals surface area contributed by atoms with Crippen molar-refractivity contribution in [3.8, 4) is 6.07 Å². The topological polar surface area (TPSA) is 52.0 Å². The fraction of sp³-hybridized carbons (Fsp3) is 0.571. The third kappa shape index (κ3) is 2.62. The van der Waals surface area contributed by atoms with E-state index in [4.69, 9.17) is 5.26 Å². The Morgan fingerprint density at radius 1 is 1.61 bits per heavy atom. The zero-order valence-corrected chi connectivity index (χ0v) is 11.1. The molecule has 4 heteroatoms. The second-order valence-electron chi connectivity index (χ2n) is 4.77. The van der Waals surface area contributed by atoms with Crippen LogP contribution in [-0.4, -0.2) is 35.6 Å². The second kappa shape index (κ2) is 5.83. The summed E-state index contributed by atoms with van der Waals surface area (Å²) >= 11 is 0. The number of pyridine rings is 1. The lowest BCUT2D eigenvalue weighted by molar-refractivity contribution is 0.277. The Labute approximate surface area is 109 Å². The molecule has 2 heterocycles. The van der Waals surface area contributed by atoms with Crippen molar-refractivity contribution in [1.29, 1.82) is 5.26 Å². The number of hydrogen-bond acceptors (Lipinski definition) is 4. The average molecular weight is 244 g/mol. The fourth-order valence-corrected chi connectivity index (χ4v) is 2.59. The van der Waals surface area contributed by atoms with Gasteiger partial charge in [-0.15, -0.1) is 0 Å². The van der Waals surface area contributed by atoms with Crippen molar-refractivity contribution < 1.29 is 0 Å². The summed E-state index contributed by atoms with van der Waals surface area (Å²) in [6.07, 6.45) is 4.26. The largest absolute Gasteiger partial charge is 0.367 e. The normalized spacial score (nSPS) is 19.7. The highest BCUT2D eigenvalue weighted by molar-refractivity contribution is 5.55. The van der Waals surface area contributed by atoms with Gasteiger partial charge in [-0.1, -0.05) is 6.92 Å². The first-order chi connectivity index (χ1) is 8.76. The molecule has 18 heavy (non-hydrogen) atoms. The first-order valence-electron chi connectivity index (χ1n) is 6.60. The first kappa shape index (κ1) is 12.8. The van der Waals surface area contributed by atoms with Crippen molar-refractivity contribution in [2.45, 2.75) is 32.7 Å². The monoisotopic (exact) mass is 244 g/mol. The number of rotatable bonds is 4. The maximum absolute atomic E-state index is 9.15. The smallest absolute Gasteiger partial charge is 0.144 e. The molecule has 0 bridgehead atoms. The summed E-state index contributed by atoms with van der Waals surface area (Å²) < 4.78 is 0. The Balaban J connectivity index is 2.02. The number of hydrogen-bond donors (Lipinski definition) is 1. The van der Waals surface area contributed by atoms with Gasteiger partial charge in [0.2, 0.25) is 0 Å². The van der Waals surface area contributed by atoms with Crippen LogP contribution in [0.1, 0.15) is 30.9 Å². The van der Waals surface area contributed by atoms with Gasteiger partial charge in [0.1, 0.15) is 11.9 Å². The number of likely N-dealkylation sites (tertiary alicyclic amines) is 1. The highest BCUT2D eigenvalue weighted by atomic mass is 15.2. The van der Waals surface area contributed by atoms with E-state index in [2.05, 4.69) is 28.2 Å². The molecule has 1 N–H and O–H groups in total. The van der Waals surface area contributed by atoms with E-state index in [1.165, 1.54) is 19.4 Å². The Kier molecular flexibility index (Phi) is 4.16. The molecule has 1 aromatic rings. The lowest BCUT2D eigenvalue weighted by Crippen LogP contribution is -2.34. The van der Waals surface area contributed by atoms with Gasteiger partial charge in [-0.2, -0.15) is 5.26 Å². The van der Waals surface area contributed by atoms with Gasteiger partial charge in [0.25, 0.3) is 0 Å². The van der Waals surface area contributed by atoms with E-state index in [0.29, 0.717) is 11.6 Å². The zero-order valence-electron chi connectivity index (χ0n) is 11.1. The fourth-order valence-electron chi connectivity index (χ4n) is 2.59. The number of nitriles is 1. The van der Waals surface area contributed by atoms with E-state index in [9.17, 15) is 0 Å². The van der Waals surface area contributed by atoms with E-state index in [1.54, 1.807) is 6.20 Å². The molecule has 0 aliphatic carbocycles. The molecule has 4 nitrogen and oxygen atoms in total. The molecule has 0 amide bonds. The van der Waals surface area contributed by atoms with Gasteiger partial charge in [0, 0.05) is 18.8 Å². The van der Waals surface area contributed by atoms with Gasteiger partial charge in [-0.25, -0.2) is 4.98 Å². The minimum atomic E-state index is 0.573. The van der Waals surface area contributed by atoms with E-state index in [0.717, 1.165) is 24.5 Å². The molecule has 96 valence electrons. The van der Waals surface area contributed by atoms with Crippen LogP contribution in [0.4, 0.5) is 5.82 Å². The summed E-state index contributed by atoms with van der Waals surface area (Å²) in [5.41, 5.74) is 1.65. The van der Waals surface area contributed by atoms with Crippen molar-refractivity contribution in [2.75, 3.05) is 25.0 Å². The van der Waals surface area contributed by atoms with Crippen LogP contribution in [-0.2, 0) is 0 Å². The molecule has 1 atom stereocenters. The molecule has 0 saturated carbocycles. The molecule has 2 rings (SSSR count). The first-order valence-corrected chi connectivity index (χ1v) is 6.60. The van der Waals surface area contributed by atoms with Crippen molar-refractivity contribution in [2.24, 2.45) is 0 Å². The lowest BCUT2D eigenvalue weighted by atomic mass is 10.1. The van der Waals surface area contributed by atoms with Crippen LogP contribution in [0.2, 0.25) is 0 Å². The van der Waals surface area contributed by atoms with Gasteiger partial charge in [0.05, 0.1) is 5.56 Å². The Hall–Kier alpha value is -1.60. The lowest BCUT2D eigenvalue weighted by Gasteiger charge is -2.23. The summed E-state index contributed by atoms with van der Waals surface area (Å²) in [5, 5.41) is 12.5. The highest BCUT2D eigenvalue weighted by Gasteiger charge is 2.22. The Morgan fingerprint density at radius 3 is 3.17 bits per heavy atom. The molecule has 1 aliphatic heterocycles. The molecule has 0 radical (unpaired) electrons. The molecule has 1 aliphatic rings. The third-order valence-corrected chi connectivity index (χ3v) is 3.68. The minimum absolute atomic E-state index is 0.573. The molecule has 0 aromatic carbocycles. The second-order valence-corrected chi connectivity index (χ2v) is 4.77. The average Bonchev–Trinajstić information content (AvgIpc) is 2.83. The maximum atomic E-state index is 9.15. The minimum Gasteiger partial charge on any atom is -0.367 e.